The molecule has 0 amide bonds. The minimum atomic E-state index is -0.777. The Balaban J connectivity index is 2.19. The van der Waals surface area contributed by atoms with Gasteiger partial charge in [-0.25, -0.2) is 0 Å². The molecule has 2 nitrogen and oxygen atoms in total. The van der Waals surface area contributed by atoms with Gasteiger partial charge in [0, 0.05) is 10.5 Å². The summed E-state index contributed by atoms with van der Waals surface area (Å²) in [6, 6.07) is 8.10. The molecule has 1 saturated heterocycles. The number of hydrogen-bond acceptors (Lipinski definition) is 2. The summed E-state index contributed by atoms with van der Waals surface area (Å²) in [5.41, 5.74) is 0.205. The lowest BCUT2D eigenvalue weighted by Gasteiger charge is -2.36. The van der Waals surface area contributed by atoms with E-state index in [4.69, 9.17) is 0 Å². The van der Waals surface area contributed by atoms with Crippen LogP contribution in [0, 0.1) is 0 Å². The molecule has 1 aliphatic rings. The van der Waals surface area contributed by atoms with E-state index in [1.54, 1.807) is 0 Å². The van der Waals surface area contributed by atoms with Crippen molar-refractivity contribution in [2.24, 2.45) is 0 Å². The van der Waals surface area contributed by atoms with Crippen molar-refractivity contribution in [1.29, 1.82) is 0 Å². The summed E-state index contributed by atoms with van der Waals surface area (Å²) >= 11 is 3.41. The highest BCUT2D eigenvalue weighted by Crippen LogP contribution is 2.29. The number of rotatable bonds is 2. The van der Waals surface area contributed by atoms with Crippen molar-refractivity contribution in [3.8, 4) is 0 Å². The molecule has 3 heteroatoms. The number of benzene rings is 1. The van der Waals surface area contributed by atoms with Crippen LogP contribution in [0.4, 0.5) is 0 Å². The Morgan fingerprint density at radius 1 is 1.31 bits per heavy atom. The molecule has 88 valence electrons. The monoisotopic (exact) mass is 283 g/mol. The van der Waals surface area contributed by atoms with Gasteiger partial charge in [0.05, 0.1) is 0 Å². The lowest BCUT2D eigenvalue weighted by atomic mass is 9.84. The van der Waals surface area contributed by atoms with Crippen LogP contribution in [0.15, 0.2) is 28.7 Å². The Hall–Kier alpha value is -0.380. The summed E-state index contributed by atoms with van der Waals surface area (Å²) in [4.78, 5) is 0. The molecule has 2 unspecified atom stereocenters. The molecule has 0 aliphatic carbocycles. The summed E-state index contributed by atoms with van der Waals surface area (Å²) < 4.78 is 1.05. The third-order valence-electron chi connectivity index (χ3n) is 3.42. The molecule has 0 bridgehead atoms. The topological polar surface area (TPSA) is 32.3 Å². The molecule has 2 rings (SSSR count). The fraction of sp³-hybridized carbons (Fsp3) is 0.538. The second-order valence-corrected chi connectivity index (χ2v) is 5.57. The van der Waals surface area contributed by atoms with E-state index in [0.717, 1.165) is 23.0 Å². The SMILES string of the molecule is CC(O)(c1ccc(Br)cc1)C1CCCCN1. The lowest BCUT2D eigenvalue weighted by Crippen LogP contribution is -2.49. The number of nitrogens with one attached hydrogen (secondary N) is 1. The lowest BCUT2D eigenvalue weighted by molar-refractivity contribution is 0.00567. The maximum absolute atomic E-state index is 10.6. The Morgan fingerprint density at radius 2 is 2.00 bits per heavy atom. The molecular formula is C13H18BrNO. The molecule has 1 fully saturated rings. The van der Waals surface area contributed by atoms with Gasteiger partial charge >= 0.3 is 0 Å². The van der Waals surface area contributed by atoms with E-state index in [2.05, 4.69) is 21.2 Å². The summed E-state index contributed by atoms with van der Waals surface area (Å²) in [6.45, 7) is 2.91. The van der Waals surface area contributed by atoms with Crippen molar-refractivity contribution in [1.82, 2.24) is 5.32 Å². The van der Waals surface area contributed by atoms with Crippen LogP contribution in [0.3, 0.4) is 0 Å². The molecule has 0 spiro atoms. The first-order chi connectivity index (χ1) is 7.60. The first-order valence-electron chi connectivity index (χ1n) is 5.82. The molecule has 1 heterocycles. The summed E-state index contributed by atoms with van der Waals surface area (Å²) in [5.74, 6) is 0. The molecule has 1 aromatic carbocycles. The first kappa shape index (κ1) is 12.1. The zero-order chi connectivity index (χ0) is 11.6. The molecule has 0 aromatic heterocycles. The van der Waals surface area contributed by atoms with E-state index in [-0.39, 0.29) is 6.04 Å². The van der Waals surface area contributed by atoms with E-state index >= 15 is 0 Å². The van der Waals surface area contributed by atoms with Gasteiger partial charge in [0.25, 0.3) is 0 Å². The normalized spacial score (nSPS) is 25.1. The third-order valence-corrected chi connectivity index (χ3v) is 3.95. The van der Waals surface area contributed by atoms with Gasteiger partial charge in [-0.15, -0.1) is 0 Å². The number of piperidine rings is 1. The van der Waals surface area contributed by atoms with Gasteiger partial charge in [0.1, 0.15) is 5.60 Å². The van der Waals surface area contributed by atoms with E-state index in [9.17, 15) is 5.11 Å². The van der Waals surface area contributed by atoms with Crippen LogP contribution in [0.2, 0.25) is 0 Å². The molecule has 16 heavy (non-hydrogen) atoms. The van der Waals surface area contributed by atoms with Crippen LogP contribution < -0.4 is 5.32 Å². The van der Waals surface area contributed by atoms with Crippen molar-refractivity contribution in [3.63, 3.8) is 0 Å². The van der Waals surface area contributed by atoms with Crippen molar-refractivity contribution in [2.45, 2.75) is 37.8 Å². The van der Waals surface area contributed by atoms with E-state index in [0.29, 0.717) is 0 Å². The van der Waals surface area contributed by atoms with Gasteiger partial charge in [0.2, 0.25) is 0 Å². The minimum absolute atomic E-state index is 0.169. The fourth-order valence-electron chi connectivity index (χ4n) is 2.32. The Bertz CT molecular complexity index is 341. The van der Waals surface area contributed by atoms with Gasteiger partial charge in [-0.1, -0.05) is 34.5 Å². The molecule has 2 N–H and O–H groups in total. The van der Waals surface area contributed by atoms with Gasteiger partial charge in [-0.3, -0.25) is 0 Å². The van der Waals surface area contributed by atoms with Gasteiger partial charge < -0.3 is 10.4 Å². The van der Waals surface area contributed by atoms with Gasteiger partial charge in [0.15, 0.2) is 0 Å². The Labute approximate surface area is 105 Å². The van der Waals surface area contributed by atoms with Crippen LogP contribution in [-0.4, -0.2) is 17.7 Å². The molecule has 2 atom stereocenters. The molecule has 0 radical (unpaired) electrons. The van der Waals surface area contributed by atoms with Crippen LogP contribution in [-0.2, 0) is 5.60 Å². The zero-order valence-electron chi connectivity index (χ0n) is 9.54. The van der Waals surface area contributed by atoms with Crippen LogP contribution in [0.1, 0.15) is 31.7 Å². The number of hydrogen-bond donors (Lipinski definition) is 2. The van der Waals surface area contributed by atoms with Crippen molar-refractivity contribution >= 4 is 15.9 Å². The van der Waals surface area contributed by atoms with Crippen molar-refractivity contribution in [3.05, 3.63) is 34.3 Å². The minimum Gasteiger partial charge on any atom is -0.384 e. The zero-order valence-corrected chi connectivity index (χ0v) is 11.1. The maximum Gasteiger partial charge on any atom is 0.102 e. The second kappa shape index (κ2) is 4.86. The smallest absolute Gasteiger partial charge is 0.102 e. The predicted octanol–water partition coefficient (Wildman–Crippen LogP) is 2.80. The van der Waals surface area contributed by atoms with Crippen LogP contribution in [0.25, 0.3) is 0 Å². The maximum atomic E-state index is 10.6. The van der Waals surface area contributed by atoms with Crippen LogP contribution in [0.5, 0.6) is 0 Å². The van der Waals surface area contributed by atoms with E-state index in [1.807, 2.05) is 31.2 Å². The van der Waals surface area contributed by atoms with Crippen LogP contribution >= 0.6 is 15.9 Å². The summed E-state index contributed by atoms with van der Waals surface area (Å²) in [6.07, 6.45) is 3.46. The predicted molar refractivity (Wildman–Crippen MR) is 69.4 cm³/mol. The van der Waals surface area contributed by atoms with E-state index < -0.39 is 5.60 Å². The molecule has 0 saturated carbocycles. The standard InChI is InChI=1S/C13H18BrNO/c1-13(16,12-4-2-3-9-15-12)10-5-7-11(14)8-6-10/h5-8,12,15-16H,2-4,9H2,1H3. The summed E-state index contributed by atoms with van der Waals surface area (Å²) in [7, 11) is 0. The fourth-order valence-corrected chi connectivity index (χ4v) is 2.58. The third kappa shape index (κ3) is 2.47. The molecule has 1 aliphatic heterocycles. The largest absolute Gasteiger partial charge is 0.384 e. The second-order valence-electron chi connectivity index (χ2n) is 4.66. The first-order valence-corrected chi connectivity index (χ1v) is 6.62. The highest BCUT2D eigenvalue weighted by Gasteiger charge is 2.34. The summed E-state index contributed by atoms with van der Waals surface area (Å²) in [5, 5.41) is 14.0. The average molecular weight is 284 g/mol. The van der Waals surface area contributed by atoms with E-state index in [1.165, 1.54) is 12.8 Å². The quantitative estimate of drug-likeness (QED) is 0.875. The van der Waals surface area contributed by atoms with Gasteiger partial charge in [-0.05, 0) is 44.0 Å². The number of aliphatic hydroxyl groups is 1. The van der Waals surface area contributed by atoms with Gasteiger partial charge in [-0.2, -0.15) is 0 Å². The highest BCUT2D eigenvalue weighted by molar-refractivity contribution is 9.10. The Morgan fingerprint density at radius 3 is 2.56 bits per heavy atom. The van der Waals surface area contributed by atoms with Crippen molar-refractivity contribution in [2.75, 3.05) is 6.54 Å². The molecule has 1 aromatic rings. The Kier molecular flexibility index (Phi) is 3.67. The number of halogens is 1. The average Bonchev–Trinajstić information content (AvgIpc) is 2.31. The van der Waals surface area contributed by atoms with Crippen molar-refractivity contribution < 1.29 is 5.11 Å². The highest BCUT2D eigenvalue weighted by atomic mass is 79.9. The molecular weight excluding hydrogens is 266 g/mol.